The summed E-state index contributed by atoms with van der Waals surface area (Å²) < 4.78 is 5.92. The Balaban J connectivity index is 1.33. The Labute approximate surface area is 280 Å². The summed E-state index contributed by atoms with van der Waals surface area (Å²) in [6.45, 7) is 0. The van der Waals surface area contributed by atoms with E-state index >= 15 is 0 Å². The zero-order valence-corrected chi connectivity index (χ0v) is 26.6. The second-order valence-corrected chi connectivity index (χ2v) is 13.1. The maximum Gasteiger partial charge on any atom is 0.269 e. The first-order valence-corrected chi connectivity index (χ1v) is 15.7. The second kappa shape index (κ2) is 11.4. The summed E-state index contributed by atoms with van der Waals surface area (Å²) in [5.74, 6) is -7.45. The number of amides is 4. The number of carbonyl (C=O) groups is 4. The molecule has 2 aliphatic heterocycles. The number of hydrogen-bond acceptors (Lipinski definition) is 10. The summed E-state index contributed by atoms with van der Waals surface area (Å²) in [5.41, 5.74) is 0.830. The van der Waals surface area contributed by atoms with Gasteiger partial charge in [0.25, 0.3) is 11.4 Å². The van der Waals surface area contributed by atoms with Gasteiger partial charge in [-0.1, -0.05) is 27.6 Å². The Morgan fingerprint density at radius 1 is 0.771 bits per heavy atom. The lowest BCUT2D eigenvalue weighted by Crippen LogP contribution is -2.43. The number of nitrogens with zero attached hydrogens (tertiary/aromatic N) is 4. The zero-order chi connectivity index (χ0) is 34.2. The highest BCUT2D eigenvalue weighted by Crippen LogP contribution is 2.60. The molecule has 0 bridgehead atoms. The molecule has 15 heteroatoms. The molecule has 2 aliphatic carbocycles. The van der Waals surface area contributed by atoms with Crippen molar-refractivity contribution in [2.24, 2.45) is 29.6 Å². The van der Waals surface area contributed by atoms with Gasteiger partial charge in [-0.2, -0.15) is 0 Å². The fraction of sp³-hybridized carbons (Fsp3) is 0.273. The molecule has 6 unspecified atom stereocenters. The van der Waals surface area contributed by atoms with Crippen LogP contribution in [-0.2, 0) is 19.2 Å². The van der Waals surface area contributed by atoms with Gasteiger partial charge in [0.05, 0.1) is 52.0 Å². The predicted octanol–water partition coefficient (Wildman–Crippen LogP) is 5.02. The first kappa shape index (κ1) is 31.2. The number of fused-ring (bicyclic) bond motifs is 4. The fourth-order valence-corrected chi connectivity index (χ4v) is 8.33. The van der Waals surface area contributed by atoms with Gasteiger partial charge in [0, 0.05) is 40.2 Å². The molecule has 1 N–H and O–H groups in total. The van der Waals surface area contributed by atoms with Crippen molar-refractivity contribution in [3.63, 3.8) is 0 Å². The lowest BCUT2D eigenvalue weighted by Gasteiger charge is -2.44. The van der Waals surface area contributed by atoms with Gasteiger partial charge in [-0.3, -0.25) is 49.2 Å². The molecule has 4 amide bonds. The fourth-order valence-electron chi connectivity index (χ4n) is 7.88. The van der Waals surface area contributed by atoms with Gasteiger partial charge in [-0.15, -0.1) is 0 Å². The molecule has 14 nitrogen and oxygen atoms in total. The molecule has 7 rings (SSSR count). The number of phenols is 1. The van der Waals surface area contributed by atoms with Crippen molar-refractivity contribution < 1.29 is 38.9 Å². The van der Waals surface area contributed by atoms with Gasteiger partial charge in [0.15, 0.2) is 11.5 Å². The molecule has 1 saturated carbocycles. The van der Waals surface area contributed by atoms with Crippen LogP contribution in [-0.4, -0.2) is 45.7 Å². The molecule has 2 saturated heterocycles. The molecule has 0 aromatic heterocycles. The van der Waals surface area contributed by atoms with Crippen molar-refractivity contribution in [1.82, 2.24) is 0 Å². The largest absolute Gasteiger partial charge is 0.504 e. The number of anilines is 2. The summed E-state index contributed by atoms with van der Waals surface area (Å²) in [6.07, 6.45) is 2.02. The third-order valence-electron chi connectivity index (χ3n) is 9.91. The Kier molecular flexibility index (Phi) is 7.38. The first-order chi connectivity index (χ1) is 22.9. The van der Waals surface area contributed by atoms with Gasteiger partial charge >= 0.3 is 0 Å². The van der Waals surface area contributed by atoms with Crippen LogP contribution in [0.4, 0.5) is 22.7 Å². The van der Waals surface area contributed by atoms with Crippen molar-refractivity contribution in [3.8, 4) is 11.5 Å². The average molecular weight is 717 g/mol. The summed E-state index contributed by atoms with van der Waals surface area (Å²) in [7, 11) is 1.37. The van der Waals surface area contributed by atoms with Crippen molar-refractivity contribution in [3.05, 3.63) is 103 Å². The quantitative estimate of drug-likeness (QED) is 0.157. The number of phenolic OH excluding ortho intramolecular Hbond substituents is 1. The van der Waals surface area contributed by atoms with Gasteiger partial charge in [0.1, 0.15) is 0 Å². The van der Waals surface area contributed by atoms with E-state index in [4.69, 9.17) is 4.74 Å². The number of carbonyl (C=O) groups excluding carboxylic acids is 4. The highest BCUT2D eigenvalue weighted by Gasteiger charge is 2.62. The molecule has 4 aliphatic rings. The maximum atomic E-state index is 14.3. The minimum absolute atomic E-state index is 0.0568. The van der Waals surface area contributed by atoms with E-state index in [1.54, 1.807) is 12.1 Å². The number of imide groups is 2. The zero-order valence-electron chi connectivity index (χ0n) is 25.0. The van der Waals surface area contributed by atoms with Crippen LogP contribution in [0, 0.1) is 49.8 Å². The van der Waals surface area contributed by atoms with E-state index in [2.05, 4.69) is 15.9 Å². The number of halogens is 1. The minimum atomic E-state index is -1.00. The van der Waals surface area contributed by atoms with Crippen LogP contribution in [0.15, 0.2) is 76.8 Å². The maximum absolute atomic E-state index is 14.3. The Hall–Kier alpha value is -5.44. The summed E-state index contributed by atoms with van der Waals surface area (Å²) >= 11 is 3.44. The molecule has 2 heterocycles. The monoisotopic (exact) mass is 716 g/mol. The molecule has 0 radical (unpaired) electrons. The van der Waals surface area contributed by atoms with Crippen LogP contribution in [0.2, 0.25) is 0 Å². The molecular weight excluding hydrogens is 692 g/mol. The lowest BCUT2D eigenvalue weighted by atomic mass is 9.57. The van der Waals surface area contributed by atoms with Gasteiger partial charge in [-0.25, -0.2) is 0 Å². The van der Waals surface area contributed by atoms with Gasteiger partial charge in [0.2, 0.25) is 23.6 Å². The van der Waals surface area contributed by atoms with Gasteiger partial charge in [-0.05, 0) is 55.2 Å². The number of hydrogen-bond donors (Lipinski definition) is 1. The van der Waals surface area contributed by atoms with E-state index in [1.807, 2.05) is 6.08 Å². The summed E-state index contributed by atoms with van der Waals surface area (Å²) in [6, 6.07) is 13.3. The first-order valence-electron chi connectivity index (χ1n) is 14.9. The SMILES string of the molecule is COc1cc(Br)cc(C2C3=CCC4C(=O)N(c5ccc([N+](=O)[O-])cc5)C(=O)C4C3CC3C(=O)N(c4ccc([N+](=O)[O-])cc4)C(=O)C32)c1O. The number of allylic oxidation sites excluding steroid dienone is 2. The van der Waals surface area contributed by atoms with Crippen LogP contribution < -0.4 is 14.5 Å². The summed E-state index contributed by atoms with van der Waals surface area (Å²) in [5, 5.41) is 33.8. The number of rotatable bonds is 6. The molecule has 48 heavy (non-hydrogen) atoms. The number of nitro benzene ring substituents is 2. The normalized spacial score (nSPS) is 26.2. The predicted molar refractivity (Wildman–Crippen MR) is 171 cm³/mol. The van der Waals surface area contributed by atoms with Crippen molar-refractivity contribution in [1.29, 1.82) is 0 Å². The smallest absolute Gasteiger partial charge is 0.269 e. The Morgan fingerprint density at radius 2 is 1.29 bits per heavy atom. The van der Waals surface area contributed by atoms with Crippen LogP contribution in [0.5, 0.6) is 11.5 Å². The van der Waals surface area contributed by atoms with Crippen LogP contribution in [0.3, 0.4) is 0 Å². The molecular formula is C33H25BrN4O10. The Bertz CT molecular complexity index is 1980. The van der Waals surface area contributed by atoms with E-state index in [9.17, 15) is 44.5 Å². The van der Waals surface area contributed by atoms with Crippen molar-refractivity contribution in [2.75, 3.05) is 16.9 Å². The van der Waals surface area contributed by atoms with Crippen molar-refractivity contribution >= 4 is 62.3 Å². The average Bonchev–Trinajstić information content (AvgIpc) is 3.48. The lowest BCUT2D eigenvalue weighted by molar-refractivity contribution is -0.385. The highest BCUT2D eigenvalue weighted by molar-refractivity contribution is 9.10. The van der Waals surface area contributed by atoms with Crippen LogP contribution in [0.25, 0.3) is 0 Å². The van der Waals surface area contributed by atoms with Crippen LogP contribution in [0.1, 0.15) is 24.3 Å². The molecule has 3 aromatic rings. The number of nitro groups is 2. The van der Waals surface area contributed by atoms with E-state index in [1.165, 1.54) is 55.6 Å². The molecule has 3 fully saturated rings. The standard InChI is InChI=1S/C33H25BrN4O10/c1-48-25-13-15(34)12-23(29(25)39)26-20-10-11-21-27(32(42)35(30(21)40)16-2-6-18(7-3-16)37(44)45)22(20)14-24-28(26)33(43)36(31(24)41)17-4-8-19(9-5-17)38(46)47/h2-10,12-13,21-22,24,26-28,39H,11,14H2,1H3. The highest BCUT2D eigenvalue weighted by atomic mass is 79.9. The Morgan fingerprint density at radius 3 is 1.81 bits per heavy atom. The van der Waals surface area contributed by atoms with Gasteiger partial charge < -0.3 is 9.84 Å². The molecule has 3 aromatic carbocycles. The summed E-state index contributed by atoms with van der Waals surface area (Å²) in [4.78, 5) is 79.6. The van der Waals surface area contributed by atoms with E-state index in [0.29, 0.717) is 15.6 Å². The third kappa shape index (κ3) is 4.59. The molecule has 244 valence electrons. The minimum Gasteiger partial charge on any atom is -0.504 e. The number of ether oxygens (including phenoxy) is 1. The molecule has 0 spiro atoms. The van der Waals surface area contributed by atoms with E-state index in [-0.39, 0.29) is 47.1 Å². The van der Waals surface area contributed by atoms with Crippen molar-refractivity contribution in [2.45, 2.75) is 18.8 Å². The second-order valence-electron chi connectivity index (χ2n) is 12.1. The topological polar surface area (TPSA) is 190 Å². The number of benzene rings is 3. The van der Waals surface area contributed by atoms with E-state index < -0.39 is 69.0 Å². The number of non-ortho nitro benzene ring substituents is 2. The number of aromatic hydroxyl groups is 1. The van der Waals surface area contributed by atoms with E-state index in [0.717, 1.165) is 9.80 Å². The van der Waals surface area contributed by atoms with Crippen LogP contribution >= 0.6 is 15.9 Å². The molecule has 6 atom stereocenters. The number of methoxy groups -OCH3 is 1. The third-order valence-corrected chi connectivity index (χ3v) is 10.4.